The number of aromatic nitrogens is 1. The van der Waals surface area contributed by atoms with E-state index in [1.807, 2.05) is 11.4 Å². The molecule has 0 bridgehead atoms. The van der Waals surface area contributed by atoms with Gasteiger partial charge in [-0.05, 0) is 61.5 Å². The molecule has 0 amide bonds. The van der Waals surface area contributed by atoms with E-state index in [0.717, 1.165) is 36.0 Å². The topological polar surface area (TPSA) is 17.4 Å². The molecule has 0 unspecified atom stereocenters. The molecular weight excluding hydrogens is 323 g/mol. The standard InChI is InChI=1S/C19H23FN2OS/c1-4-22-11-15(5-7-21(2)3)19-17(22)9-16(20)10-18(19)23-12-14-6-8-24-13-14/h6,8-11,13H,4-5,7,12H2,1-3H3. The Morgan fingerprint density at radius 3 is 2.79 bits per heavy atom. The number of likely N-dealkylation sites (N-methyl/N-ethyl adjacent to an activating group) is 1. The summed E-state index contributed by atoms with van der Waals surface area (Å²) in [5, 5.41) is 5.12. The van der Waals surface area contributed by atoms with Gasteiger partial charge in [0.25, 0.3) is 0 Å². The molecule has 5 heteroatoms. The number of ether oxygens (including phenoxy) is 1. The molecule has 0 atom stereocenters. The minimum Gasteiger partial charge on any atom is -0.488 e. The molecule has 0 saturated heterocycles. The molecule has 0 radical (unpaired) electrons. The molecule has 0 fully saturated rings. The first-order valence-electron chi connectivity index (χ1n) is 8.18. The van der Waals surface area contributed by atoms with E-state index in [-0.39, 0.29) is 5.82 Å². The second-order valence-corrected chi connectivity index (χ2v) is 6.99. The van der Waals surface area contributed by atoms with Crippen molar-refractivity contribution in [3.8, 4) is 5.75 Å². The number of hydrogen-bond donors (Lipinski definition) is 0. The first kappa shape index (κ1) is 17.0. The first-order valence-corrected chi connectivity index (χ1v) is 9.12. The van der Waals surface area contributed by atoms with Crippen LogP contribution in [0.15, 0.2) is 35.2 Å². The van der Waals surface area contributed by atoms with Crippen LogP contribution in [0.3, 0.4) is 0 Å². The van der Waals surface area contributed by atoms with Crippen molar-refractivity contribution in [3.63, 3.8) is 0 Å². The number of halogens is 1. The summed E-state index contributed by atoms with van der Waals surface area (Å²) in [6.45, 7) is 4.30. The molecule has 3 aromatic rings. The van der Waals surface area contributed by atoms with Crippen molar-refractivity contribution < 1.29 is 9.13 Å². The van der Waals surface area contributed by atoms with Crippen LogP contribution in [0.4, 0.5) is 4.39 Å². The van der Waals surface area contributed by atoms with E-state index in [4.69, 9.17) is 4.74 Å². The van der Waals surface area contributed by atoms with Crippen molar-refractivity contribution >= 4 is 22.2 Å². The van der Waals surface area contributed by atoms with Crippen LogP contribution < -0.4 is 4.74 Å². The van der Waals surface area contributed by atoms with Crippen LogP contribution in [0.5, 0.6) is 5.75 Å². The molecule has 0 N–H and O–H groups in total. The van der Waals surface area contributed by atoms with Crippen LogP contribution >= 0.6 is 11.3 Å². The maximum Gasteiger partial charge on any atom is 0.132 e. The summed E-state index contributed by atoms with van der Waals surface area (Å²) >= 11 is 1.64. The summed E-state index contributed by atoms with van der Waals surface area (Å²) in [4.78, 5) is 2.16. The molecule has 2 heterocycles. The second kappa shape index (κ2) is 7.36. The molecule has 2 aromatic heterocycles. The van der Waals surface area contributed by atoms with Crippen LogP contribution in [0, 0.1) is 5.82 Å². The van der Waals surface area contributed by atoms with Gasteiger partial charge in [-0.25, -0.2) is 4.39 Å². The highest BCUT2D eigenvalue weighted by Crippen LogP contribution is 2.33. The SMILES string of the molecule is CCn1cc(CCN(C)C)c2c(OCc3ccsc3)cc(F)cc21. The van der Waals surface area contributed by atoms with E-state index in [0.29, 0.717) is 12.4 Å². The van der Waals surface area contributed by atoms with E-state index in [1.165, 1.54) is 11.6 Å². The van der Waals surface area contributed by atoms with Gasteiger partial charge >= 0.3 is 0 Å². The van der Waals surface area contributed by atoms with E-state index >= 15 is 0 Å². The van der Waals surface area contributed by atoms with Crippen LogP contribution in [-0.2, 0) is 19.6 Å². The van der Waals surface area contributed by atoms with Gasteiger partial charge in [-0.2, -0.15) is 11.3 Å². The summed E-state index contributed by atoms with van der Waals surface area (Å²) in [5.41, 5.74) is 3.23. The lowest BCUT2D eigenvalue weighted by atomic mass is 10.1. The van der Waals surface area contributed by atoms with Gasteiger partial charge in [0, 0.05) is 30.7 Å². The number of nitrogens with zero attached hydrogens (tertiary/aromatic N) is 2. The van der Waals surface area contributed by atoms with Crippen molar-refractivity contribution in [2.45, 2.75) is 26.5 Å². The second-order valence-electron chi connectivity index (χ2n) is 6.21. The summed E-state index contributed by atoms with van der Waals surface area (Å²) in [5.74, 6) is 0.381. The maximum absolute atomic E-state index is 14.1. The Hall–Kier alpha value is -1.85. The lowest BCUT2D eigenvalue weighted by Crippen LogP contribution is -2.15. The molecule has 0 aliphatic carbocycles. The monoisotopic (exact) mass is 346 g/mol. The Bertz CT molecular complexity index is 808. The Balaban J connectivity index is 2.00. The summed E-state index contributed by atoms with van der Waals surface area (Å²) in [6, 6.07) is 5.15. The zero-order chi connectivity index (χ0) is 17.1. The highest BCUT2D eigenvalue weighted by molar-refractivity contribution is 7.07. The lowest BCUT2D eigenvalue weighted by molar-refractivity contribution is 0.309. The van der Waals surface area contributed by atoms with Gasteiger partial charge in [0.05, 0.1) is 5.52 Å². The predicted octanol–water partition coefficient (Wildman–Crippen LogP) is 4.54. The Labute approximate surface area is 146 Å². The molecular formula is C19H23FN2OS. The van der Waals surface area contributed by atoms with Crippen molar-refractivity contribution in [3.05, 3.63) is 52.1 Å². The number of hydrogen-bond acceptors (Lipinski definition) is 3. The van der Waals surface area contributed by atoms with Crippen LogP contribution in [0.1, 0.15) is 18.1 Å². The summed E-state index contributed by atoms with van der Waals surface area (Å²) in [6.07, 6.45) is 3.04. The average Bonchev–Trinajstić information content (AvgIpc) is 3.18. The Kier molecular flexibility index (Phi) is 5.21. The zero-order valence-electron chi connectivity index (χ0n) is 14.4. The van der Waals surface area contributed by atoms with Gasteiger partial charge in [0.2, 0.25) is 0 Å². The van der Waals surface area contributed by atoms with Gasteiger partial charge in [-0.3, -0.25) is 0 Å². The van der Waals surface area contributed by atoms with Crippen molar-refractivity contribution in [1.29, 1.82) is 0 Å². The van der Waals surface area contributed by atoms with E-state index < -0.39 is 0 Å². The van der Waals surface area contributed by atoms with Crippen LogP contribution in [0.25, 0.3) is 10.9 Å². The molecule has 1 aromatic carbocycles. The zero-order valence-corrected chi connectivity index (χ0v) is 15.2. The van der Waals surface area contributed by atoms with E-state index in [9.17, 15) is 4.39 Å². The Morgan fingerprint density at radius 1 is 1.29 bits per heavy atom. The van der Waals surface area contributed by atoms with Gasteiger partial charge in [-0.15, -0.1) is 0 Å². The number of fused-ring (bicyclic) bond motifs is 1. The van der Waals surface area contributed by atoms with Crippen molar-refractivity contribution in [2.24, 2.45) is 0 Å². The van der Waals surface area contributed by atoms with Crippen LogP contribution in [-0.4, -0.2) is 30.1 Å². The van der Waals surface area contributed by atoms with Crippen molar-refractivity contribution in [2.75, 3.05) is 20.6 Å². The van der Waals surface area contributed by atoms with Gasteiger partial charge in [0.15, 0.2) is 0 Å². The normalized spacial score (nSPS) is 11.5. The lowest BCUT2D eigenvalue weighted by Gasteiger charge is -2.11. The molecule has 128 valence electrons. The fourth-order valence-corrected chi connectivity index (χ4v) is 3.54. The minimum absolute atomic E-state index is 0.255. The number of aryl methyl sites for hydroxylation is 1. The Morgan fingerprint density at radius 2 is 2.12 bits per heavy atom. The third-order valence-electron chi connectivity index (χ3n) is 4.13. The number of rotatable bonds is 7. The van der Waals surface area contributed by atoms with Crippen LogP contribution in [0.2, 0.25) is 0 Å². The summed E-state index contributed by atoms with van der Waals surface area (Å²) in [7, 11) is 4.12. The first-order chi connectivity index (χ1) is 11.6. The summed E-state index contributed by atoms with van der Waals surface area (Å²) < 4.78 is 22.2. The fourth-order valence-electron chi connectivity index (χ4n) is 2.88. The largest absolute Gasteiger partial charge is 0.488 e. The highest BCUT2D eigenvalue weighted by Gasteiger charge is 2.15. The van der Waals surface area contributed by atoms with Gasteiger partial charge in [0.1, 0.15) is 18.2 Å². The third-order valence-corrected chi connectivity index (χ3v) is 4.86. The van der Waals surface area contributed by atoms with E-state index in [1.54, 1.807) is 17.4 Å². The molecule has 0 spiro atoms. The molecule has 3 nitrogen and oxygen atoms in total. The minimum atomic E-state index is -0.255. The quantitative estimate of drug-likeness (QED) is 0.625. The number of thiophene rings is 1. The van der Waals surface area contributed by atoms with Crippen molar-refractivity contribution in [1.82, 2.24) is 9.47 Å². The fraction of sp³-hybridized carbons (Fsp3) is 0.368. The van der Waals surface area contributed by atoms with Gasteiger partial charge < -0.3 is 14.2 Å². The third kappa shape index (κ3) is 3.62. The molecule has 0 saturated carbocycles. The van der Waals surface area contributed by atoms with E-state index in [2.05, 4.69) is 42.1 Å². The molecule has 24 heavy (non-hydrogen) atoms. The average molecular weight is 346 g/mol. The predicted molar refractivity (Wildman–Crippen MR) is 98.5 cm³/mol. The number of benzene rings is 1. The highest BCUT2D eigenvalue weighted by atomic mass is 32.1. The maximum atomic E-state index is 14.1. The molecule has 0 aliphatic heterocycles. The smallest absolute Gasteiger partial charge is 0.132 e. The van der Waals surface area contributed by atoms with Gasteiger partial charge in [-0.1, -0.05) is 0 Å². The molecule has 0 aliphatic rings. The molecule has 3 rings (SSSR count).